The molecule has 2 N–H and O–H groups in total. The van der Waals surface area contributed by atoms with Crippen LogP contribution in [0.15, 0.2) is 41.8 Å². The predicted octanol–water partition coefficient (Wildman–Crippen LogP) is 4.61. The first kappa shape index (κ1) is 21.7. The van der Waals surface area contributed by atoms with E-state index in [1.165, 1.54) is 34.8 Å². The summed E-state index contributed by atoms with van der Waals surface area (Å²) in [5.74, 6) is -1.37. The van der Waals surface area contributed by atoms with Gasteiger partial charge >= 0.3 is 5.97 Å². The summed E-state index contributed by atoms with van der Waals surface area (Å²) in [5.41, 5.74) is 2.35. The lowest BCUT2D eigenvalue weighted by Crippen LogP contribution is -2.21. The predicted molar refractivity (Wildman–Crippen MR) is 123 cm³/mol. The van der Waals surface area contributed by atoms with E-state index < -0.39 is 18.5 Å². The third kappa shape index (κ3) is 4.88. The highest BCUT2D eigenvalue weighted by molar-refractivity contribution is 7.16. The summed E-state index contributed by atoms with van der Waals surface area (Å²) in [7, 11) is 0. The molecule has 0 saturated heterocycles. The minimum absolute atomic E-state index is 0.223. The molecular formula is C23H19N3O4S2. The summed E-state index contributed by atoms with van der Waals surface area (Å²) < 4.78 is 5.10. The standard InChI is InChI=1S/C23H19N3O4S2/c24-12-17-16-4-1-2-5-18(16)32-22(17)26-20(27)13-30-23(29)14-7-9-15(10-8-14)25-21(28)19-6-3-11-31-19/h3,6-11H,1-2,4-5,13H2,(H,25,28)(H,26,27). The number of hydrogen-bond acceptors (Lipinski definition) is 7. The number of benzene rings is 1. The van der Waals surface area contributed by atoms with Crippen molar-refractivity contribution in [1.29, 1.82) is 5.26 Å². The number of aryl methyl sites for hydroxylation is 1. The molecule has 32 heavy (non-hydrogen) atoms. The number of nitrogens with one attached hydrogen (secondary N) is 2. The van der Waals surface area contributed by atoms with Gasteiger partial charge in [-0.3, -0.25) is 9.59 Å². The van der Waals surface area contributed by atoms with E-state index >= 15 is 0 Å². The van der Waals surface area contributed by atoms with E-state index in [-0.39, 0.29) is 11.5 Å². The third-order valence-corrected chi connectivity index (χ3v) is 7.07. The van der Waals surface area contributed by atoms with Gasteiger partial charge in [0.1, 0.15) is 11.1 Å². The van der Waals surface area contributed by atoms with Crippen LogP contribution in [0.5, 0.6) is 0 Å². The Morgan fingerprint density at radius 3 is 2.56 bits per heavy atom. The highest BCUT2D eigenvalue weighted by Crippen LogP contribution is 2.37. The SMILES string of the molecule is N#Cc1c(NC(=O)COC(=O)c2ccc(NC(=O)c3cccs3)cc2)sc2c1CCCC2. The maximum absolute atomic E-state index is 12.3. The van der Waals surface area contributed by atoms with E-state index in [9.17, 15) is 19.6 Å². The van der Waals surface area contributed by atoms with Crippen molar-refractivity contribution in [1.82, 2.24) is 0 Å². The normalized spacial score (nSPS) is 12.3. The molecule has 0 atom stereocenters. The molecule has 0 spiro atoms. The number of ether oxygens (including phenoxy) is 1. The molecule has 0 radical (unpaired) electrons. The van der Waals surface area contributed by atoms with E-state index in [1.54, 1.807) is 24.3 Å². The maximum atomic E-state index is 12.3. The molecule has 1 aliphatic carbocycles. The fraction of sp³-hybridized carbons (Fsp3) is 0.217. The van der Waals surface area contributed by atoms with E-state index in [2.05, 4.69) is 16.7 Å². The molecule has 0 fully saturated rings. The molecule has 162 valence electrons. The number of nitrogens with zero attached hydrogens (tertiary/aromatic N) is 1. The van der Waals surface area contributed by atoms with Crippen molar-refractivity contribution in [3.05, 3.63) is 68.2 Å². The van der Waals surface area contributed by atoms with Gasteiger partial charge in [-0.1, -0.05) is 6.07 Å². The zero-order valence-electron chi connectivity index (χ0n) is 17.0. The Kier molecular flexibility index (Phi) is 6.63. The zero-order chi connectivity index (χ0) is 22.5. The second-order valence-electron chi connectivity index (χ2n) is 7.16. The van der Waals surface area contributed by atoms with Crippen LogP contribution in [-0.4, -0.2) is 24.4 Å². The molecule has 1 aromatic carbocycles. The molecule has 2 aromatic heterocycles. The van der Waals surface area contributed by atoms with Crippen molar-refractivity contribution < 1.29 is 19.1 Å². The largest absolute Gasteiger partial charge is 0.452 e. The van der Waals surface area contributed by atoms with Crippen LogP contribution >= 0.6 is 22.7 Å². The van der Waals surface area contributed by atoms with Crippen LogP contribution in [0.2, 0.25) is 0 Å². The average molecular weight is 466 g/mol. The molecule has 3 aromatic rings. The van der Waals surface area contributed by atoms with Gasteiger partial charge in [0.2, 0.25) is 0 Å². The molecule has 1 aliphatic rings. The van der Waals surface area contributed by atoms with Crippen LogP contribution in [0.25, 0.3) is 0 Å². The number of hydrogen-bond donors (Lipinski definition) is 2. The minimum atomic E-state index is -0.651. The van der Waals surface area contributed by atoms with E-state index in [0.29, 0.717) is 21.1 Å². The first-order chi connectivity index (χ1) is 15.5. The Balaban J connectivity index is 1.31. The van der Waals surface area contributed by atoms with Crippen molar-refractivity contribution in [2.75, 3.05) is 17.2 Å². The number of rotatable bonds is 6. The number of esters is 1. The lowest BCUT2D eigenvalue weighted by atomic mass is 9.96. The molecule has 0 saturated carbocycles. The number of carbonyl (C=O) groups excluding carboxylic acids is 3. The van der Waals surface area contributed by atoms with E-state index in [1.807, 2.05) is 5.38 Å². The van der Waals surface area contributed by atoms with Gasteiger partial charge in [0.15, 0.2) is 6.61 Å². The maximum Gasteiger partial charge on any atom is 0.338 e. The number of thiophene rings is 2. The van der Waals surface area contributed by atoms with Crippen LogP contribution in [0.4, 0.5) is 10.7 Å². The summed E-state index contributed by atoms with van der Waals surface area (Å²) >= 11 is 2.76. The number of nitriles is 1. The monoisotopic (exact) mass is 465 g/mol. The van der Waals surface area contributed by atoms with Crippen LogP contribution < -0.4 is 10.6 Å². The Bertz CT molecular complexity index is 1190. The van der Waals surface area contributed by atoms with Crippen molar-refractivity contribution >= 4 is 51.1 Å². The first-order valence-electron chi connectivity index (χ1n) is 10.0. The Morgan fingerprint density at radius 1 is 1.06 bits per heavy atom. The van der Waals surface area contributed by atoms with E-state index in [4.69, 9.17) is 4.74 Å². The highest BCUT2D eigenvalue weighted by atomic mass is 32.1. The molecule has 0 unspecified atom stereocenters. The molecular weight excluding hydrogens is 446 g/mol. The molecule has 0 bridgehead atoms. The topological polar surface area (TPSA) is 108 Å². The molecule has 7 nitrogen and oxygen atoms in total. The van der Waals surface area contributed by atoms with Gasteiger partial charge in [-0.25, -0.2) is 4.79 Å². The van der Waals surface area contributed by atoms with Gasteiger partial charge in [0.25, 0.3) is 11.8 Å². The Morgan fingerprint density at radius 2 is 1.84 bits per heavy atom. The zero-order valence-corrected chi connectivity index (χ0v) is 18.6. The second kappa shape index (κ2) is 9.77. The summed E-state index contributed by atoms with van der Waals surface area (Å²) in [6.45, 7) is -0.455. The van der Waals surface area contributed by atoms with E-state index in [0.717, 1.165) is 36.1 Å². The molecule has 0 aliphatic heterocycles. The summed E-state index contributed by atoms with van der Waals surface area (Å²) in [6, 6.07) is 11.9. The minimum Gasteiger partial charge on any atom is -0.452 e. The number of fused-ring (bicyclic) bond motifs is 1. The number of amides is 2. The summed E-state index contributed by atoms with van der Waals surface area (Å²) in [5, 5.41) is 17.3. The Labute approximate surface area is 192 Å². The van der Waals surface area contributed by atoms with Gasteiger partial charge in [0, 0.05) is 10.6 Å². The van der Waals surface area contributed by atoms with Crippen LogP contribution in [0.1, 0.15) is 48.9 Å². The first-order valence-corrected chi connectivity index (χ1v) is 11.7. The quantitative estimate of drug-likeness (QED) is 0.517. The highest BCUT2D eigenvalue weighted by Gasteiger charge is 2.22. The van der Waals surface area contributed by atoms with Crippen molar-refractivity contribution in [3.8, 4) is 6.07 Å². The lowest BCUT2D eigenvalue weighted by Gasteiger charge is -2.09. The molecule has 9 heteroatoms. The van der Waals surface area contributed by atoms with Gasteiger partial charge < -0.3 is 15.4 Å². The molecule has 2 heterocycles. The summed E-state index contributed by atoms with van der Waals surface area (Å²) in [6.07, 6.45) is 3.90. The Hall–Kier alpha value is -3.48. The fourth-order valence-corrected chi connectivity index (χ4v) is 5.31. The van der Waals surface area contributed by atoms with Gasteiger partial charge in [-0.15, -0.1) is 22.7 Å². The number of anilines is 2. The fourth-order valence-electron chi connectivity index (χ4n) is 3.44. The average Bonchev–Trinajstić information content (AvgIpc) is 3.46. The molecule has 4 rings (SSSR count). The summed E-state index contributed by atoms with van der Waals surface area (Å²) in [4.78, 5) is 38.4. The van der Waals surface area contributed by atoms with Crippen molar-refractivity contribution in [3.63, 3.8) is 0 Å². The van der Waals surface area contributed by atoms with Gasteiger partial charge in [-0.05, 0) is 67.0 Å². The van der Waals surface area contributed by atoms with Crippen LogP contribution in [0, 0.1) is 11.3 Å². The van der Waals surface area contributed by atoms with Crippen LogP contribution in [-0.2, 0) is 22.4 Å². The number of carbonyl (C=O) groups is 3. The molecule has 2 amide bonds. The lowest BCUT2D eigenvalue weighted by molar-refractivity contribution is -0.119. The van der Waals surface area contributed by atoms with Crippen molar-refractivity contribution in [2.24, 2.45) is 0 Å². The third-order valence-electron chi connectivity index (χ3n) is 4.99. The van der Waals surface area contributed by atoms with Gasteiger partial charge in [0.05, 0.1) is 16.0 Å². The smallest absolute Gasteiger partial charge is 0.338 e. The van der Waals surface area contributed by atoms with Crippen LogP contribution in [0.3, 0.4) is 0 Å². The van der Waals surface area contributed by atoms with Crippen molar-refractivity contribution in [2.45, 2.75) is 25.7 Å². The second-order valence-corrected chi connectivity index (χ2v) is 9.21. The van der Waals surface area contributed by atoms with Gasteiger partial charge in [-0.2, -0.15) is 5.26 Å².